The largest absolute Gasteiger partial charge is 0.349 e. The number of hydrogen-bond acceptors (Lipinski definition) is 3. The van der Waals surface area contributed by atoms with Crippen molar-refractivity contribution >= 4 is 23.0 Å². The fraction of sp³-hybridized carbons (Fsp3) is 0.500. The number of carbonyl (C=O) groups is 2. The Balaban J connectivity index is 1.54. The first kappa shape index (κ1) is 17.3. The fourth-order valence-electron chi connectivity index (χ4n) is 3.25. The lowest BCUT2D eigenvalue weighted by Crippen LogP contribution is -2.50. The van der Waals surface area contributed by atoms with Crippen LogP contribution in [0.5, 0.6) is 0 Å². The van der Waals surface area contributed by atoms with E-state index in [1.54, 1.807) is 12.4 Å². The van der Waals surface area contributed by atoms with Crippen LogP contribution < -0.4 is 5.32 Å². The van der Waals surface area contributed by atoms with Crippen molar-refractivity contribution in [3.63, 3.8) is 0 Å². The van der Waals surface area contributed by atoms with Crippen LogP contribution in [-0.2, 0) is 0 Å². The van der Waals surface area contributed by atoms with E-state index in [-0.39, 0.29) is 18.0 Å². The van der Waals surface area contributed by atoms with E-state index in [1.807, 2.05) is 35.8 Å². The molecule has 0 radical (unpaired) electrons. The average Bonchev–Trinajstić information content (AvgIpc) is 3.11. The number of rotatable bonds is 4. The molecule has 1 aromatic heterocycles. The Labute approximate surface area is 147 Å². The van der Waals surface area contributed by atoms with Crippen molar-refractivity contribution < 1.29 is 9.59 Å². The predicted octanol–water partition coefficient (Wildman–Crippen LogP) is 2.22. The molecular weight excluding hydrogens is 318 g/mol. The first-order valence-electron chi connectivity index (χ1n) is 8.90. The summed E-state index contributed by atoms with van der Waals surface area (Å²) in [6, 6.07) is 5.64. The predicted molar refractivity (Wildman–Crippen MR) is 96.5 cm³/mol. The van der Waals surface area contributed by atoms with E-state index in [1.165, 1.54) is 0 Å². The number of H-pyrrole nitrogens is 1. The van der Waals surface area contributed by atoms with Crippen LogP contribution in [-0.4, -0.2) is 63.9 Å². The molecule has 0 saturated carbocycles. The summed E-state index contributed by atoms with van der Waals surface area (Å²) < 4.78 is 0. The number of amides is 3. The first-order chi connectivity index (χ1) is 12.1. The molecule has 2 N–H and O–H groups in total. The minimum absolute atomic E-state index is 0.0787. The lowest BCUT2D eigenvalue weighted by molar-refractivity contribution is 0.0912. The number of aromatic amines is 1. The lowest BCUT2D eigenvalue weighted by Gasteiger charge is -2.35. The van der Waals surface area contributed by atoms with Crippen molar-refractivity contribution in [1.82, 2.24) is 25.1 Å². The summed E-state index contributed by atoms with van der Waals surface area (Å²) in [4.78, 5) is 35.7. The summed E-state index contributed by atoms with van der Waals surface area (Å²) in [7, 11) is 0. The van der Waals surface area contributed by atoms with Crippen LogP contribution in [0.3, 0.4) is 0 Å². The number of urea groups is 1. The smallest absolute Gasteiger partial charge is 0.319 e. The third-order valence-corrected chi connectivity index (χ3v) is 4.82. The van der Waals surface area contributed by atoms with Gasteiger partial charge in [-0.05, 0) is 44.9 Å². The second-order valence-electron chi connectivity index (χ2n) is 6.32. The molecule has 0 aliphatic carbocycles. The number of fused-ring (bicyclic) bond motifs is 1. The molecule has 1 aliphatic heterocycles. The average molecular weight is 343 g/mol. The summed E-state index contributed by atoms with van der Waals surface area (Å²) in [5.74, 6) is -0.0787. The molecule has 1 aromatic carbocycles. The van der Waals surface area contributed by atoms with E-state index in [0.29, 0.717) is 18.7 Å². The van der Waals surface area contributed by atoms with Gasteiger partial charge in [-0.25, -0.2) is 9.78 Å². The molecule has 0 bridgehead atoms. The van der Waals surface area contributed by atoms with E-state index in [9.17, 15) is 9.59 Å². The molecule has 0 spiro atoms. The highest BCUT2D eigenvalue weighted by Gasteiger charge is 2.26. The zero-order chi connectivity index (χ0) is 17.8. The maximum Gasteiger partial charge on any atom is 0.319 e. The van der Waals surface area contributed by atoms with Crippen molar-refractivity contribution in [3.05, 3.63) is 30.1 Å². The van der Waals surface area contributed by atoms with Gasteiger partial charge in [-0.3, -0.25) is 4.79 Å². The Kier molecular flexibility index (Phi) is 5.21. The van der Waals surface area contributed by atoms with Gasteiger partial charge in [-0.1, -0.05) is 0 Å². The Morgan fingerprint density at radius 2 is 2.00 bits per heavy atom. The molecule has 1 saturated heterocycles. The molecule has 0 unspecified atom stereocenters. The standard InChI is InChI=1S/C18H25N5O2/c1-3-22(4-2)18(25)23-9-7-14(8-10-23)21-17(24)13-5-6-15-16(11-13)20-12-19-15/h5-6,11-12,14H,3-4,7-10H2,1-2H3,(H,19,20)(H,21,24). The van der Waals surface area contributed by atoms with Crippen molar-refractivity contribution in [1.29, 1.82) is 0 Å². The van der Waals surface area contributed by atoms with E-state index >= 15 is 0 Å². The summed E-state index contributed by atoms with van der Waals surface area (Å²) >= 11 is 0. The number of hydrogen-bond donors (Lipinski definition) is 2. The van der Waals surface area contributed by atoms with Gasteiger partial charge >= 0.3 is 6.03 Å². The van der Waals surface area contributed by atoms with Gasteiger partial charge in [0.05, 0.1) is 17.4 Å². The van der Waals surface area contributed by atoms with Gasteiger partial charge in [0.25, 0.3) is 5.91 Å². The summed E-state index contributed by atoms with van der Waals surface area (Å²) in [5, 5.41) is 3.08. The minimum atomic E-state index is -0.0787. The highest BCUT2D eigenvalue weighted by atomic mass is 16.2. The summed E-state index contributed by atoms with van der Waals surface area (Å²) in [5.41, 5.74) is 2.32. The molecule has 1 aliphatic rings. The molecule has 2 heterocycles. The number of nitrogens with one attached hydrogen (secondary N) is 2. The lowest BCUT2D eigenvalue weighted by atomic mass is 10.0. The number of benzene rings is 1. The normalized spacial score (nSPS) is 15.4. The van der Waals surface area contributed by atoms with Gasteiger partial charge in [0, 0.05) is 37.8 Å². The topological polar surface area (TPSA) is 81.3 Å². The van der Waals surface area contributed by atoms with Crippen LogP contribution in [0, 0.1) is 0 Å². The highest BCUT2D eigenvalue weighted by Crippen LogP contribution is 2.15. The van der Waals surface area contributed by atoms with Gasteiger partial charge in [0.1, 0.15) is 0 Å². The van der Waals surface area contributed by atoms with E-state index in [4.69, 9.17) is 0 Å². The molecule has 3 rings (SSSR count). The second-order valence-corrected chi connectivity index (χ2v) is 6.32. The highest BCUT2D eigenvalue weighted by molar-refractivity contribution is 5.97. The number of carbonyl (C=O) groups excluding carboxylic acids is 2. The Morgan fingerprint density at radius 3 is 2.68 bits per heavy atom. The molecule has 0 atom stereocenters. The van der Waals surface area contributed by atoms with Gasteiger partial charge in [-0.15, -0.1) is 0 Å². The maximum absolute atomic E-state index is 12.5. The molecule has 3 amide bonds. The molecule has 25 heavy (non-hydrogen) atoms. The van der Waals surface area contributed by atoms with Gasteiger partial charge < -0.3 is 20.1 Å². The van der Waals surface area contributed by atoms with Crippen LogP contribution in [0.25, 0.3) is 11.0 Å². The fourth-order valence-corrected chi connectivity index (χ4v) is 3.25. The van der Waals surface area contributed by atoms with Gasteiger partial charge in [-0.2, -0.15) is 0 Å². The van der Waals surface area contributed by atoms with Gasteiger partial charge in [0.15, 0.2) is 0 Å². The number of aromatic nitrogens is 2. The summed E-state index contributed by atoms with van der Waals surface area (Å²) in [6.45, 7) is 6.79. The summed E-state index contributed by atoms with van der Waals surface area (Å²) in [6.07, 6.45) is 3.19. The van der Waals surface area contributed by atoms with E-state index in [2.05, 4.69) is 15.3 Å². The van der Waals surface area contributed by atoms with Crippen LogP contribution in [0.4, 0.5) is 4.79 Å². The number of nitrogens with zero attached hydrogens (tertiary/aromatic N) is 3. The SMILES string of the molecule is CCN(CC)C(=O)N1CCC(NC(=O)c2ccc3nc[nH]c3c2)CC1. The number of piperidine rings is 1. The zero-order valence-corrected chi connectivity index (χ0v) is 14.8. The van der Waals surface area contributed by atoms with Crippen molar-refractivity contribution in [2.24, 2.45) is 0 Å². The monoisotopic (exact) mass is 343 g/mol. The minimum Gasteiger partial charge on any atom is -0.349 e. The molecule has 2 aromatic rings. The Hall–Kier alpha value is -2.57. The first-order valence-corrected chi connectivity index (χ1v) is 8.90. The Bertz CT molecular complexity index is 745. The van der Waals surface area contributed by atoms with Gasteiger partial charge in [0.2, 0.25) is 0 Å². The van der Waals surface area contributed by atoms with Crippen LogP contribution in [0.1, 0.15) is 37.0 Å². The van der Waals surface area contributed by atoms with Crippen LogP contribution in [0.2, 0.25) is 0 Å². The second kappa shape index (κ2) is 7.55. The number of imidazole rings is 1. The maximum atomic E-state index is 12.5. The van der Waals surface area contributed by atoms with Crippen LogP contribution >= 0.6 is 0 Å². The van der Waals surface area contributed by atoms with Crippen LogP contribution in [0.15, 0.2) is 24.5 Å². The molecule has 7 heteroatoms. The molecule has 7 nitrogen and oxygen atoms in total. The Morgan fingerprint density at radius 1 is 1.28 bits per heavy atom. The molecular formula is C18H25N5O2. The third kappa shape index (κ3) is 3.75. The zero-order valence-electron chi connectivity index (χ0n) is 14.8. The molecule has 134 valence electrons. The quantitative estimate of drug-likeness (QED) is 0.893. The van der Waals surface area contributed by atoms with Crippen molar-refractivity contribution in [3.8, 4) is 0 Å². The third-order valence-electron chi connectivity index (χ3n) is 4.82. The van der Waals surface area contributed by atoms with Crippen molar-refractivity contribution in [2.45, 2.75) is 32.7 Å². The van der Waals surface area contributed by atoms with E-state index < -0.39 is 0 Å². The van der Waals surface area contributed by atoms with E-state index in [0.717, 1.165) is 37.0 Å². The number of likely N-dealkylation sites (tertiary alicyclic amines) is 1. The van der Waals surface area contributed by atoms with Crippen molar-refractivity contribution in [2.75, 3.05) is 26.2 Å². The molecule has 1 fully saturated rings.